The van der Waals surface area contributed by atoms with Crippen molar-refractivity contribution in [2.45, 2.75) is 5.16 Å². The molecule has 2 heterocycles. The first-order valence-corrected chi connectivity index (χ1v) is 5.66. The lowest BCUT2D eigenvalue weighted by atomic mass is 10.9. The average Bonchev–Trinajstić information content (AvgIpc) is 2.79. The molecule has 84 valence electrons. The molecule has 0 unspecified atom stereocenters. The maximum Gasteiger partial charge on any atom is 0.257 e. The van der Waals surface area contributed by atoms with Crippen molar-refractivity contribution >= 4 is 23.4 Å². The third kappa shape index (κ3) is 2.65. The monoisotopic (exact) mass is 258 g/mol. The molecule has 1 N–H and O–H groups in total. The van der Waals surface area contributed by atoms with Gasteiger partial charge in [-0.05, 0) is 11.6 Å². The van der Waals surface area contributed by atoms with Crippen LogP contribution in [0, 0.1) is 0 Å². The molecular weight excluding hydrogens is 252 g/mol. The van der Waals surface area contributed by atoms with Crippen LogP contribution in [0.3, 0.4) is 0 Å². The van der Waals surface area contributed by atoms with Gasteiger partial charge in [-0.1, -0.05) is 11.8 Å². The van der Waals surface area contributed by atoms with Gasteiger partial charge in [0.1, 0.15) is 12.7 Å². The molecule has 9 heteroatoms. The second kappa shape index (κ2) is 5.19. The summed E-state index contributed by atoms with van der Waals surface area (Å²) in [6.07, 6.45) is 2.84. The normalized spacial score (nSPS) is 10.6. The lowest BCUT2D eigenvalue weighted by Crippen LogP contribution is -2.05. The van der Waals surface area contributed by atoms with Gasteiger partial charge in [0, 0.05) is 5.75 Å². The van der Waals surface area contributed by atoms with Crippen molar-refractivity contribution in [2.24, 2.45) is 0 Å². The van der Waals surface area contributed by atoms with Gasteiger partial charge in [-0.3, -0.25) is 0 Å². The Morgan fingerprint density at radius 3 is 2.94 bits per heavy atom. The molecule has 0 radical (unpaired) electrons. The minimum Gasteiger partial charge on any atom is -0.396 e. The SMILES string of the molecule is OCCSc1nc(Cl)nc(-n2cncn2)n1. The summed E-state index contributed by atoms with van der Waals surface area (Å²) in [5, 5.41) is 13.1. The fourth-order valence-corrected chi connectivity index (χ4v) is 1.71. The molecule has 0 aliphatic rings. The fourth-order valence-electron chi connectivity index (χ4n) is 0.937. The van der Waals surface area contributed by atoms with Crippen molar-refractivity contribution in [3.8, 4) is 5.95 Å². The van der Waals surface area contributed by atoms with E-state index in [1.165, 1.54) is 29.1 Å². The second-order valence-electron chi connectivity index (χ2n) is 2.60. The summed E-state index contributed by atoms with van der Waals surface area (Å²) in [6, 6.07) is 0. The number of rotatable bonds is 4. The highest BCUT2D eigenvalue weighted by molar-refractivity contribution is 7.99. The standard InChI is InChI=1S/C7H7ClN6OS/c8-5-11-6(14-4-9-3-10-14)13-7(12-5)16-2-1-15/h3-4,15H,1-2H2. The van der Waals surface area contributed by atoms with Crippen LogP contribution in [0.1, 0.15) is 0 Å². The molecule has 0 saturated carbocycles. The average molecular weight is 259 g/mol. The number of aliphatic hydroxyl groups excluding tert-OH is 1. The van der Waals surface area contributed by atoms with E-state index in [0.717, 1.165) is 0 Å². The Balaban J connectivity index is 2.29. The Morgan fingerprint density at radius 2 is 2.25 bits per heavy atom. The van der Waals surface area contributed by atoms with Crippen LogP contribution >= 0.6 is 23.4 Å². The molecule has 16 heavy (non-hydrogen) atoms. The summed E-state index contributed by atoms with van der Waals surface area (Å²) in [6.45, 7) is 0.0482. The molecular formula is C7H7ClN6OS. The Labute approximate surface area is 99.9 Å². The molecule has 0 spiro atoms. The van der Waals surface area contributed by atoms with Gasteiger partial charge in [-0.25, -0.2) is 4.98 Å². The highest BCUT2D eigenvalue weighted by Gasteiger charge is 2.07. The van der Waals surface area contributed by atoms with E-state index < -0.39 is 0 Å². The summed E-state index contributed by atoms with van der Waals surface area (Å²) >= 11 is 7.03. The van der Waals surface area contributed by atoms with Gasteiger partial charge in [-0.15, -0.1) is 0 Å². The number of aliphatic hydroxyl groups is 1. The maximum atomic E-state index is 8.70. The van der Waals surface area contributed by atoms with Crippen molar-refractivity contribution in [1.29, 1.82) is 0 Å². The molecule has 0 bridgehead atoms. The van der Waals surface area contributed by atoms with Gasteiger partial charge in [-0.2, -0.15) is 24.7 Å². The molecule has 0 amide bonds. The molecule has 0 aromatic carbocycles. The van der Waals surface area contributed by atoms with E-state index in [4.69, 9.17) is 16.7 Å². The topological polar surface area (TPSA) is 89.6 Å². The predicted molar refractivity (Wildman–Crippen MR) is 57.6 cm³/mol. The number of nitrogens with zero attached hydrogens (tertiary/aromatic N) is 6. The van der Waals surface area contributed by atoms with E-state index in [2.05, 4.69) is 25.0 Å². The number of hydrogen-bond donors (Lipinski definition) is 1. The molecule has 7 nitrogen and oxygen atoms in total. The minimum atomic E-state index is 0.0482. The van der Waals surface area contributed by atoms with Crippen LogP contribution in [-0.2, 0) is 0 Å². The van der Waals surface area contributed by atoms with E-state index in [1.54, 1.807) is 0 Å². The molecule has 0 aliphatic carbocycles. The van der Waals surface area contributed by atoms with Gasteiger partial charge in [0.2, 0.25) is 5.28 Å². The predicted octanol–water partition coefficient (Wildman–Crippen LogP) is 0.190. The summed E-state index contributed by atoms with van der Waals surface area (Å²) in [4.78, 5) is 15.7. The number of halogens is 1. The summed E-state index contributed by atoms with van der Waals surface area (Å²) in [5.74, 6) is 0.801. The highest BCUT2D eigenvalue weighted by Crippen LogP contribution is 2.15. The first-order valence-electron chi connectivity index (χ1n) is 4.30. The molecule has 0 fully saturated rings. The van der Waals surface area contributed by atoms with Crippen LogP contribution in [-0.4, -0.2) is 47.2 Å². The smallest absolute Gasteiger partial charge is 0.257 e. The summed E-state index contributed by atoms with van der Waals surface area (Å²) in [5.41, 5.74) is 0. The molecule has 0 aliphatic heterocycles. The summed E-state index contributed by atoms with van der Waals surface area (Å²) < 4.78 is 1.39. The van der Waals surface area contributed by atoms with E-state index in [0.29, 0.717) is 16.9 Å². The zero-order valence-electron chi connectivity index (χ0n) is 7.99. The van der Waals surface area contributed by atoms with Crippen molar-refractivity contribution in [3.63, 3.8) is 0 Å². The van der Waals surface area contributed by atoms with Crippen molar-refractivity contribution in [3.05, 3.63) is 17.9 Å². The van der Waals surface area contributed by atoms with E-state index >= 15 is 0 Å². The van der Waals surface area contributed by atoms with Gasteiger partial charge < -0.3 is 5.11 Å². The van der Waals surface area contributed by atoms with Crippen LogP contribution in [0.5, 0.6) is 0 Å². The van der Waals surface area contributed by atoms with E-state index in [9.17, 15) is 0 Å². The molecule has 2 aromatic heterocycles. The van der Waals surface area contributed by atoms with E-state index in [-0.39, 0.29) is 11.9 Å². The van der Waals surface area contributed by atoms with Crippen LogP contribution < -0.4 is 0 Å². The molecule has 2 aromatic rings. The number of thioether (sulfide) groups is 1. The third-order valence-corrected chi connectivity index (χ3v) is 2.52. The lowest BCUT2D eigenvalue weighted by molar-refractivity contribution is 0.322. The highest BCUT2D eigenvalue weighted by atomic mass is 35.5. The molecule has 2 rings (SSSR count). The molecule has 0 saturated heterocycles. The Bertz CT molecular complexity index is 464. The molecule has 0 atom stereocenters. The van der Waals surface area contributed by atoms with Gasteiger partial charge in [0.15, 0.2) is 5.16 Å². The fraction of sp³-hybridized carbons (Fsp3) is 0.286. The number of aromatic nitrogens is 6. The largest absolute Gasteiger partial charge is 0.396 e. The quantitative estimate of drug-likeness (QED) is 0.783. The Morgan fingerprint density at radius 1 is 1.38 bits per heavy atom. The summed E-state index contributed by atoms with van der Waals surface area (Å²) in [7, 11) is 0. The van der Waals surface area contributed by atoms with Gasteiger partial charge >= 0.3 is 0 Å². The van der Waals surface area contributed by atoms with Gasteiger partial charge in [0.05, 0.1) is 6.61 Å². The zero-order valence-corrected chi connectivity index (χ0v) is 9.56. The minimum absolute atomic E-state index is 0.0482. The third-order valence-electron chi connectivity index (χ3n) is 1.52. The van der Waals surface area contributed by atoms with Crippen molar-refractivity contribution in [1.82, 2.24) is 29.7 Å². The Hall–Kier alpha value is -1.25. The van der Waals surface area contributed by atoms with Crippen LogP contribution in [0.25, 0.3) is 5.95 Å². The number of hydrogen-bond acceptors (Lipinski definition) is 7. The van der Waals surface area contributed by atoms with E-state index in [1.807, 2.05) is 0 Å². The first kappa shape index (κ1) is 11.2. The van der Waals surface area contributed by atoms with Crippen LogP contribution in [0.15, 0.2) is 17.8 Å². The second-order valence-corrected chi connectivity index (χ2v) is 4.00. The van der Waals surface area contributed by atoms with Gasteiger partial charge in [0.25, 0.3) is 5.95 Å². The van der Waals surface area contributed by atoms with Crippen molar-refractivity contribution < 1.29 is 5.11 Å². The first-order chi connectivity index (χ1) is 7.79. The lowest BCUT2D eigenvalue weighted by Gasteiger charge is -2.01. The van der Waals surface area contributed by atoms with Crippen LogP contribution in [0.2, 0.25) is 5.28 Å². The van der Waals surface area contributed by atoms with Crippen LogP contribution in [0.4, 0.5) is 0 Å². The zero-order chi connectivity index (χ0) is 11.4. The maximum absolute atomic E-state index is 8.70. The Kier molecular flexibility index (Phi) is 3.65. The van der Waals surface area contributed by atoms with Crippen molar-refractivity contribution in [2.75, 3.05) is 12.4 Å².